The zero-order chi connectivity index (χ0) is 8.39. The Morgan fingerprint density at radius 3 is 2.50 bits per heavy atom. The van der Waals surface area contributed by atoms with Crippen molar-refractivity contribution in [3.63, 3.8) is 0 Å². The first-order valence-corrected chi connectivity index (χ1v) is 4.86. The lowest BCUT2D eigenvalue weighted by Gasteiger charge is -2.31. The Labute approximate surface area is 74.3 Å². The van der Waals surface area contributed by atoms with E-state index >= 15 is 0 Å². The van der Waals surface area contributed by atoms with Gasteiger partial charge in [0, 0.05) is 25.7 Å². The van der Waals surface area contributed by atoms with E-state index in [1.165, 1.54) is 19.5 Å². The molecule has 0 radical (unpaired) electrons. The molecule has 0 aromatic heterocycles. The molecule has 0 amide bonds. The predicted octanol–water partition coefficient (Wildman–Crippen LogP) is 0.0227. The number of morpholine rings is 1. The van der Waals surface area contributed by atoms with Gasteiger partial charge in [-0.15, -0.1) is 0 Å². The van der Waals surface area contributed by atoms with E-state index in [2.05, 4.69) is 16.8 Å². The second kappa shape index (κ2) is 3.73. The quantitative estimate of drug-likeness (QED) is 0.552. The average Bonchev–Trinajstić information content (AvgIpc) is 2.54. The zero-order valence-corrected chi connectivity index (χ0v) is 7.83. The molecule has 2 heterocycles. The summed E-state index contributed by atoms with van der Waals surface area (Å²) < 4.78 is 5.33. The Balaban J connectivity index is 1.83. The van der Waals surface area contributed by atoms with Gasteiger partial charge in [-0.05, 0) is 20.0 Å². The van der Waals surface area contributed by atoms with Crippen molar-refractivity contribution in [1.82, 2.24) is 9.80 Å². The van der Waals surface area contributed by atoms with E-state index in [0.717, 1.165) is 32.3 Å². The van der Waals surface area contributed by atoms with Crippen molar-refractivity contribution < 1.29 is 4.74 Å². The van der Waals surface area contributed by atoms with Gasteiger partial charge in [0.15, 0.2) is 0 Å². The third-order valence-electron chi connectivity index (χ3n) is 2.93. The Bertz CT molecular complexity index is 143. The lowest BCUT2D eigenvalue weighted by molar-refractivity contribution is 0.0189. The van der Waals surface area contributed by atoms with Gasteiger partial charge >= 0.3 is 0 Å². The zero-order valence-electron chi connectivity index (χ0n) is 7.83. The Morgan fingerprint density at radius 1 is 1.17 bits per heavy atom. The maximum atomic E-state index is 5.33. The van der Waals surface area contributed by atoms with Crippen LogP contribution >= 0.6 is 0 Å². The number of hydrogen-bond donors (Lipinski definition) is 0. The molecule has 3 nitrogen and oxygen atoms in total. The summed E-state index contributed by atoms with van der Waals surface area (Å²) in [5.74, 6) is 0. The highest BCUT2D eigenvalue weighted by Crippen LogP contribution is 2.14. The molecule has 0 spiro atoms. The first-order valence-electron chi connectivity index (χ1n) is 4.86. The molecule has 0 unspecified atom stereocenters. The molecule has 0 aromatic rings. The van der Waals surface area contributed by atoms with Gasteiger partial charge < -0.3 is 9.64 Å². The molecule has 1 atom stereocenters. The average molecular weight is 170 g/mol. The predicted molar refractivity (Wildman–Crippen MR) is 48.3 cm³/mol. The van der Waals surface area contributed by atoms with Crippen molar-refractivity contribution in [2.75, 3.05) is 46.4 Å². The third kappa shape index (κ3) is 1.79. The number of ether oxygens (including phenoxy) is 1. The first-order chi connectivity index (χ1) is 5.86. The van der Waals surface area contributed by atoms with Crippen LogP contribution in [-0.2, 0) is 4.74 Å². The summed E-state index contributed by atoms with van der Waals surface area (Å²) >= 11 is 0. The van der Waals surface area contributed by atoms with Crippen molar-refractivity contribution in [2.24, 2.45) is 0 Å². The number of likely N-dealkylation sites (tertiary alicyclic amines) is 1. The molecular weight excluding hydrogens is 152 g/mol. The van der Waals surface area contributed by atoms with Gasteiger partial charge in [0.1, 0.15) is 0 Å². The number of likely N-dealkylation sites (N-methyl/N-ethyl adjacent to an activating group) is 1. The summed E-state index contributed by atoms with van der Waals surface area (Å²) in [5, 5.41) is 0. The van der Waals surface area contributed by atoms with Crippen LogP contribution in [0.15, 0.2) is 0 Å². The van der Waals surface area contributed by atoms with Crippen LogP contribution in [-0.4, -0.2) is 62.3 Å². The van der Waals surface area contributed by atoms with Crippen molar-refractivity contribution in [3.05, 3.63) is 0 Å². The third-order valence-corrected chi connectivity index (χ3v) is 2.93. The summed E-state index contributed by atoms with van der Waals surface area (Å²) in [7, 11) is 2.21. The Kier molecular flexibility index (Phi) is 2.63. The minimum atomic E-state index is 0.805. The van der Waals surface area contributed by atoms with Crippen LogP contribution in [0.4, 0.5) is 0 Å². The number of hydrogen-bond acceptors (Lipinski definition) is 3. The van der Waals surface area contributed by atoms with E-state index in [1.54, 1.807) is 0 Å². The second-order valence-electron chi connectivity index (χ2n) is 3.85. The second-order valence-corrected chi connectivity index (χ2v) is 3.85. The van der Waals surface area contributed by atoms with Crippen LogP contribution in [0.25, 0.3) is 0 Å². The Hall–Kier alpha value is -0.120. The van der Waals surface area contributed by atoms with E-state index in [0.29, 0.717) is 0 Å². The fraction of sp³-hybridized carbons (Fsp3) is 1.00. The highest BCUT2D eigenvalue weighted by molar-refractivity contribution is 4.82. The molecule has 2 rings (SSSR count). The summed E-state index contributed by atoms with van der Waals surface area (Å²) in [6.45, 7) is 6.65. The summed E-state index contributed by atoms with van der Waals surface area (Å²) in [6, 6.07) is 0.805. The minimum Gasteiger partial charge on any atom is -0.379 e. The summed E-state index contributed by atoms with van der Waals surface area (Å²) in [6.07, 6.45) is 1.34. The topological polar surface area (TPSA) is 15.7 Å². The molecule has 3 heteroatoms. The summed E-state index contributed by atoms with van der Waals surface area (Å²) in [4.78, 5) is 4.99. The van der Waals surface area contributed by atoms with Crippen LogP contribution < -0.4 is 0 Å². The lowest BCUT2D eigenvalue weighted by atomic mass is 10.2. The van der Waals surface area contributed by atoms with Crippen molar-refractivity contribution >= 4 is 0 Å². The van der Waals surface area contributed by atoms with E-state index in [9.17, 15) is 0 Å². The largest absolute Gasteiger partial charge is 0.379 e. The normalized spacial score (nSPS) is 34.2. The number of rotatable bonds is 1. The van der Waals surface area contributed by atoms with Gasteiger partial charge in [0.05, 0.1) is 13.2 Å². The van der Waals surface area contributed by atoms with Crippen molar-refractivity contribution in [1.29, 1.82) is 0 Å². The standard InChI is InChI=1S/C9H18N2O/c1-10-3-2-9(8-10)11-4-6-12-7-5-11/h9H,2-8H2,1H3/t9-/m0/s1. The van der Waals surface area contributed by atoms with E-state index in [1.807, 2.05) is 0 Å². The molecule has 2 aliphatic heterocycles. The monoisotopic (exact) mass is 170 g/mol. The number of nitrogens with zero attached hydrogens (tertiary/aromatic N) is 2. The molecule has 0 saturated carbocycles. The fourth-order valence-corrected chi connectivity index (χ4v) is 2.15. The molecule has 2 fully saturated rings. The maximum Gasteiger partial charge on any atom is 0.0594 e. The minimum absolute atomic E-state index is 0.805. The van der Waals surface area contributed by atoms with Crippen LogP contribution in [0.2, 0.25) is 0 Å². The van der Waals surface area contributed by atoms with Crippen LogP contribution in [0, 0.1) is 0 Å². The lowest BCUT2D eigenvalue weighted by Crippen LogP contribution is -2.44. The molecule has 0 aromatic carbocycles. The van der Waals surface area contributed by atoms with Gasteiger partial charge in [0.2, 0.25) is 0 Å². The molecule has 0 N–H and O–H groups in total. The van der Waals surface area contributed by atoms with Crippen molar-refractivity contribution in [3.8, 4) is 0 Å². The molecule has 2 aliphatic rings. The van der Waals surface area contributed by atoms with E-state index < -0.39 is 0 Å². The summed E-state index contributed by atoms with van der Waals surface area (Å²) in [5.41, 5.74) is 0. The SMILES string of the molecule is CN1CC[C@H](N2CCOCC2)C1. The van der Waals surface area contributed by atoms with Gasteiger partial charge in [-0.3, -0.25) is 4.90 Å². The van der Waals surface area contributed by atoms with Crippen LogP contribution in [0.1, 0.15) is 6.42 Å². The van der Waals surface area contributed by atoms with Crippen molar-refractivity contribution in [2.45, 2.75) is 12.5 Å². The molecular formula is C9H18N2O. The maximum absolute atomic E-state index is 5.33. The highest BCUT2D eigenvalue weighted by atomic mass is 16.5. The first kappa shape index (κ1) is 8.48. The van der Waals surface area contributed by atoms with Gasteiger partial charge in [-0.2, -0.15) is 0 Å². The molecule has 0 bridgehead atoms. The molecule has 0 aliphatic carbocycles. The fourth-order valence-electron chi connectivity index (χ4n) is 2.15. The van der Waals surface area contributed by atoms with Gasteiger partial charge in [0.25, 0.3) is 0 Å². The highest BCUT2D eigenvalue weighted by Gasteiger charge is 2.26. The molecule has 2 saturated heterocycles. The van der Waals surface area contributed by atoms with Crippen LogP contribution in [0.3, 0.4) is 0 Å². The van der Waals surface area contributed by atoms with Gasteiger partial charge in [-0.25, -0.2) is 0 Å². The molecule has 12 heavy (non-hydrogen) atoms. The van der Waals surface area contributed by atoms with E-state index in [4.69, 9.17) is 4.74 Å². The van der Waals surface area contributed by atoms with E-state index in [-0.39, 0.29) is 0 Å². The molecule has 70 valence electrons. The smallest absolute Gasteiger partial charge is 0.0594 e. The van der Waals surface area contributed by atoms with Gasteiger partial charge in [-0.1, -0.05) is 0 Å². The Morgan fingerprint density at radius 2 is 1.92 bits per heavy atom. The van der Waals surface area contributed by atoms with Crippen LogP contribution in [0.5, 0.6) is 0 Å².